The van der Waals surface area contributed by atoms with E-state index in [1.54, 1.807) is 36.7 Å². The second kappa shape index (κ2) is 9.16. The van der Waals surface area contributed by atoms with Gasteiger partial charge in [-0.3, -0.25) is 4.98 Å². The molecule has 1 aliphatic rings. The molecule has 1 saturated carbocycles. The van der Waals surface area contributed by atoms with Crippen molar-refractivity contribution in [3.8, 4) is 0 Å². The van der Waals surface area contributed by atoms with E-state index in [-0.39, 0.29) is 17.6 Å². The highest BCUT2D eigenvalue weighted by Gasteiger charge is 2.25. The van der Waals surface area contributed by atoms with Gasteiger partial charge in [0, 0.05) is 31.5 Å². The number of carbonyl (C=O) groups is 2. The molecule has 1 heterocycles. The average molecular weight is 367 g/mol. The van der Waals surface area contributed by atoms with Gasteiger partial charge in [-0.2, -0.15) is 0 Å². The lowest BCUT2D eigenvalue weighted by Gasteiger charge is -2.34. The van der Waals surface area contributed by atoms with Crippen LogP contribution in [0.2, 0.25) is 0 Å². The predicted molar refractivity (Wildman–Crippen MR) is 102 cm³/mol. The summed E-state index contributed by atoms with van der Waals surface area (Å²) in [5.41, 5.74) is 2.13. The molecule has 0 aliphatic heterocycles. The third-order valence-corrected chi connectivity index (χ3v) is 5.00. The first-order chi connectivity index (χ1) is 13.1. The Hall–Kier alpha value is -2.89. The summed E-state index contributed by atoms with van der Waals surface area (Å²) >= 11 is 0. The van der Waals surface area contributed by atoms with Crippen molar-refractivity contribution in [2.75, 3.05) is 0 Å². The van der Waals surface area contributed by atoms with Crippen LogP contribution in [0.3, 0.4) is 0 Å². The Morgan fingerprint density at radius 3 is 2.44 bits per heavy atom. The molecule has 0 spiro atoms. The zero-order valence-electron chi connectivity index (χ0n) is 15.3. The second-order valence-electron chi connectivity index (χ2n) is 6.94. The summed E-state index contributed by atoms with van der Waals surface area (Å²) in [4.78, 5) is 29.9. The number of benzene rings is 1. The Balaban J connectivity index is 1.65. The maximum absolute atomic E-state index is 12.9. The average Bonchev–Trinajstić information content (AvgIpc) is 2.72. The van der Waals surface area contributed by atoms with Crippen molar-refractivity contribution in [2.45, 2.75) is 51.2 Å². The van der Waals surface area contributed by atoms with Crippen LogP contribution in [-0.4, -0.2) is 33.0 Å². The number of pyridine rings is 1. The number of nitrogens with one attached hydrogen (secondary N) is 1. The standard InChI is InChI=1S/C21H25N3O3/c25-20(26)18-10-8-16(9-11-18)14-23-21(27)24(19-6-2-1-3-7-19)15-17-5-4-12-22-13-17/h4-5,8-13,19H,1-3,6-7,14-15H2,(H,23,27)(H,25,26). The molecule has 3 rings (SSSR count). The fourth-order valence-electron chi connectivity index (χ4n) is 3.49. The van der Waals surface area contributed by atoms with Crippen molar-refractivity contribution < 1.29 is 14.7 Å². The van der Waals surface area contributed by atoms with Crippen LogP contribution in [0, 0.1) is 0 Å². The minimum atomic E-state index is -0.953. The van der Waals surface area contributed by atoms with Crippen LogP contribution >= 0.6 is 0 Å². The Morgan fingerprint density at radius 2 is 1.81 bits per heavy atom. The lowest BCUT2D eigenvalue weighted by molar-refractivity contribution is 0.0697. The number of carboxylic acid groups (broad SMARTS) is 1. The van der Waals surface area contributed by atoms with E-state index < -0.39 is 5.97 Å². The fraction of sp³-hybridized carbons (Fsp3) is 0.381. The first-order valence-corrected chi connectivity index (χ1v) is 9.39. The molecular weight excluding hydrogens is 342 g/mol. The van der Waals surface area contributed by atoms with Crippen molar-refractivity contribution in [1.29, 1.82) is 0 Å². The van der Waals surface area contributed by atoms with Gasteiger partial charge < -0.3 is 15.3 Å². The van der Waals surface area contributed by atoms with Crippen LogP contribution in [0.5, 0.6) is 0 Å². The Kier molecular flexibility index (Phi) is 6.41. The van der Waals surface area contributed by atoms with Gasteiger partial charge >= 0.3 is 12.0 Å². The van der Waals surface area contributed by atoms with Crippen molar-refractivity contribution in [2.24, 2.45) is 0 Å². The first-order valence-electron chi connectivity index (χ1n) is 9.39. The summed E-state index contributed by atoms with van der Waals surface area (Å²) in [7, 11) is 0. The van der Waals surface area contributed by atoms with Crippen molar-refractivity contribution in [3.63, 3.8) is 0 Å². The molecule has 1 aliphatic carbocycles. The number of rotatable bonds is 6. The number of nitrogens with zero attached hydrogens (tertiary/aromatic N) is 2. The molecular formula is C21H25N3O3. The quantitative estimate of drug-likeness (QED) is 0.813. The van der Waals surface area contributed by atoms with E-state index in [0.717, 1.165) is 36.8 Å². The maximum Gasteiger partial charge on any atom is 0.335 e. The lowest BCUT2D eigenvalue weighted by Crippen LogP contribution is -2.46. The molecule has 27 heavy (non-hydrogen) atoms. The van der Waals surface area contributed by atoms with E-state index in [1.807, 2.05) is 17.0 Å². The summed E-state index contributed by atoms with van der Waals surface area (Å²) in [5, 5.41) is 12.0. The van der Waals surface area contributed by atoms with Gasteiger partial charge in [0.25, 0.3) is 0 Å². The van der Waals surface area contributed by atoms with Crippen LogP contribution < -0.4 is 5.32 Å². The van der Waals surface area contributed by atoms with Gasteiger partial charge in [0.05, 0.1) is 5.56 Å². The highest BCUT2D eigenvalue weighted by atomic mass is 16.4. The number of urea groups is 1. The molecule has 6 heteroatoms. The molecule has 0 bridgehead atoms. The van der Waals surface area contributed by atoms with Gasteiger partial charge in [-0.15, -0.1) is 0 Å². The van der Waals surface area contributed by atoms with Crippen LogP contribution in [-0.2, 0) is 13.1 Å². The highest BCUT2D eigenvalue weighted by Crippen LogP contribution is 2.24. The molecule has 0 saturated heterocycles. The normalized spacial score (nSPS) is 14.5. The van der Waals surface area contributed by atoms with Crippen LogP contribution in [0.15, 0.2) is 48.8 Å². The molecule has 2 N–H and O–H groups in total. The third kappa shape index (κ3) is 5.29. The summed E-state index contributed by atoms with van der Waals surface area (Å²) in [6, 6.07) is 10.6. The molecule has 2 aromatic rings. The number of aromatic nitrogens is 1. The molecule has 6 nitrogen and oxygen atoms in total. The zero-order valence-corrected chi connectivity index (χ0v) is 15.3. The van der Waals surface area contributed by atoms with Gasteiger partial charge in [-0.1, -0.05) is 37.5 Å². The van der Waals surface area contributed by atoms with Crippen LogP contribution in [0.25, 0.3) is 0 Å². The minimum absolute atomic E-state index is 0.0898. The topological polar surface area (TPSA) is 82.5 Å². The van der Waals surface area contributed by atoms with Crippen LogP contribution in [0.4, 0.5) is 4.79 Å². The van der Waals surface area contributed by atoms with Crippen LogP contribution in [0.1, 0.15) is 53.6 Å². The Labute approximate surface area is 159 Å². The second-order valence-corrected chi connectivity index (χ2v) is 6.94. The first kappa shape index (κ1) is 18.9. The Morgan fingerprint density at radius 1 is 1.07 bits per heavy atom. The number of hydrogen-bond acceptors (Lipinski definition) is 3. The molecule has 2 amide bonds. The maximum atomic E-state index is 12.9. The summed E-state index contributed by atoms with van der Waals surface area (Å²) in [6.07, 6.45) is 9.12. The number of amides is 2. The van der Waals surface area contributed by atoms with Crippen molar-refractivity contribution in [1.82, 2.24) is 15.2 Å². The van der Waals surface area contributed by atoms with Gasteiger partial charge in [0.15, 0.2) is 0 Å². The molecule has 0 atom stereocenters. The van der Waals surface area contributed by atoms with Crippen molar-refractivity contribution in [3.05, 3.63) is 65.5 Å². The largest absolute Gasteiger partial charge is 0.478 e. The molecule has 0 unspecified atom stereocenters. The van der Waals surface area contributed by atoms with Crippen molar-refractivity contribution >= 4 is 12.0 Å². The van der Waals surface area contributed by atoms with Gasteiger partial charge in [-0.25, -0.2) is 9.59 Å². The van der Waals surface area contributed by atoms with E-state index in [4.69, 9.17) is 5.11 Å². The zero-order chi connectivity index (χ0) is 19.1. The minimum Gasteiger partial charge on any atom is -0.478 e. The van der Waals surface area contributed by atoms with Gasteiger partial charge in [0.1, 0.15) is 0 Å². The number of carboxylic acids is 1. The molecule has 1 aromatic heterocycles. The van der Waals surface area contributed by atoms with E-state index in [9.17, 15) is 9.59 Å². The summed E-state index contributed by atoms with van der Waals surface area (Å²) < 4.78 is 0. The molecule has 1 aromatic carbocycles. The molecule has 0 radical (unpaired) electrons. The predicted octanol–water partition coefficient (Wildman–Crippen LogP) is 3.82. The van der Waals surface area contributed by atoms with E-state index in [0.29, 0.717) is 13.1 Å². The fourth-order valence-corrected chi connectivity index (χ4v) is 3.49. The number of aromatic carboxylic acids is 1. The highest BCUT2D eigenvalue weighted by molar-refractivity contribution is 5.87. The summed E-state index contributed by atoms with van der Waals surface area (Å²) in [5.74, 6) is -0.953. The Bertz CT molecular complexity index is 756. The van der Waals surface area contributed by atoms with Gasteiger partial charge in [0.2, 0.25) is 0 Å². The number of carbonyl (C=O) groups excluding carboxylic acids is 1. The van der Waals surface area contributed by atoms with E-state index in [2.05, 4.69) is 10.3 Å². The number of hydrogen-bond donors (Lipinski definition) is 2. The van der Waals surface area contributed by atoms with E-state index in [1.165, 1.54) is 6.42 Å². The molecule has 1 fully saturated rings. The third-order valence-electron chi connectivity index (χ3n) is 5.00. The van der Waals surface area contributed by atoms with E-state index >= 15 is 0 Å². The molecule has 142 valence electrons. The lowest BCUT2D eigenvalue weighted by atomic mass is 9.94. The SMILES string of the molecule is O=C(O)c1ccc(CNC(=O)N(Cc2cccnc2)C2CCCCC2)cc1. The smallest absolute Gasteiger partial charge is 0.335 e. The summed E-state index contributed by atoms with van der Waals surface area (Å²) in [6.45, 7) is 0.914. The monoisotopic (exact) mass is 367 g/mol. The van der Waals surface area contributed by atoms with Gasteiger partial charge in [-0.05, 0) is 42.2 Å².